The number of ether oxygens (including phenoxy) is 1. The van der Waals surface area contributed by atoms with Gasteiger partial charge in [-0.15, -0.1) is 0 Å². The Balaban J connectivity index is 2.00. The number of hydrogen-bond donors (Lipinski definition) is 1. The largest absolute Gasteiger partial charge is 0.507 e. The number of piperazine rings is 1. The Morgan fingerprint density at radius 1 is 1.24 bits per heavy atom. The van der Waals surface area contributed by atoms with E-state index in [0.29, 0.717) is 38.3 Å². The smallest absolute Gasteiger partial charge is 0.409 e. The lowest BCUT2D eigenvalue weighted by atomic mass is 10.1. The fourth-order valence-corrected chi connectivity index (χ4v) is 2.65. The quantitative estimate of drug-likeness (QED) is 0.765. The molecule has 1 heterocycles. The zero-order chi connectivity index (χ0) is 15.4. The minimum absolute atomic E-state index is 0.0201. The van der Waals surface area contributed by atoms with Crippen molar-refractivity contribution in [1.29, 1.82) is 0 Å². The molecular formula is C14H17IN2O4. The summed E-state index contributed by atoms with van der Waals surface area (Å²) in [4.78, 5) is 27.2. The molecule has 0 radical (unpaired) electrons. The number of carbonyl (C=O) groups excluding carboxylic acids is 2. The summed E-state index contributed by atoms with van der Waals surface area (Å²) < 4.78 is 5.83. The molecule has 0 saturated carbocycles. The molecule has 7 heteroatoms. The second kappa shape index (κ2) is 6.97. The van der Waals surface area contributed by atoms with Crippen LogP contribution in [0.5, 0.6) is 5.75 Å². The maximum absolute atomic E-state index is 12.4. The molecular weight excluding hydrogens is 387 g/mol. The molecule has 6 nitrogen and oxygen atoms in total. The van der Waals surface area contributed by atoms with Crippen LogP contribution >= 0.6 is 22.6 Å². The molecule has 0 aromatic heterocycles. The molecule has 1 aliphatic heterocycles. The third-order valence-corrected chi connectivity index (χ3v) is 3.95. The topological polar surface area (TPSA) is 70.1 Å². The highest BCUT2D eigenvalue weighted by Crippen LogP contribution is 2.22. The highest BCUT2D eigenvalue weighted by Gasteiger charge is 2.26. The van der Waals surface area contributed by atoms with Crippen molar-refractivity contribution in [1.82, 2.24) is 9.80 Å². The van der Waals surface area contributed by atoms with E-state index in [9.17, 15) is 14.7 Å². The summed E-state index contributed by atoms with van der Waals surface area (Å²) in [5.41, 5.74) is 0.298. The molecule has 2 rings (SSSR count). The lowest BCUT2D eigenvalue weighted by molar-refractivity contribution is 0.0568. The summed E-state index contributed by atoms with van der Waals surface area (Å²) in [6.07, 6.45) is -0.346. The summed E-state index contributed by atoms with van der Waals surface area (Å²) in [7, 11) is 0. The Morgan fingerprint density at radius 3 is 2.48 bits per heavy atom. The third-order valence-electron chi connectivity index (χ3n) is 3.28. The number of phenolic OH excluding ortho intramolecular Hbond substituents is 1. The zero-order valence-electron chi connectivity index (χ0n) is 11.7. The van der Waals surface area contributed by atoms with Gasteiger partial charge in [-0.2, -0.15) is 0 Å². The highest BCUT2D eigenvalue weighted by molar-refractivity contribution is 14.1. The van der Waals surface area contributed by atoms with Gasteiger partial charge in [-0.05, 0) is 47.7 Å². The Bertz CT molecular complexity index is 542. The van der Waals surface area contributed by atoms with Crippen LogP contribution in [0.15, 0.2) is 18.2 Å². The number of halogens is 1. The maximum Gasteiger partial charge on any atom is 0.409 e. The molecule has 21 heavy (non-hydrogen) atoms. The third kappa shape index (κ3) is 3.78. The van der Waals surface area contributed by atoms with Crippen molar-refractivity contribution in [3.8, 4) is 5.75 Å². The summed E-state index contributed by atoms with van der Waals surface area (Å²) in [5, 5.41) is 9.81. The van der Waals surface area contributed by atoms with E-state index >= 15 is 0 Å². The maximum atomic E-state index is 12.4. The lowest BCUT2D eigenvalue weighted by Gasteiger charge is -2.34. The Labute approximate surface area is 136 Å². The van der Waals surface area contributed by atoms with Crippen molar-refractivity contribution in [2.75, 3.05) is 32.8 Å². The van der Waals surface area contributed by atoms with Gasteiger partial charge in [0, 0.05) is 29.7 Å². The molecule has 1 aromatic rings. The van der Waals surface area contributed by atoms with Crippen molar-refractivity contribution >= 4 is 34.6 Å². The van der Waals surface area contributed by atoms with Gasteiger partial charge in [-0.1, -0.05) is 0 Å². The molecule has 0 bridgehead atoms. The van der Waals surface area contributed by atoms with Crippen molar-refractivity contribution in [3.05, 3.63) is 27.3 Å². The number of phenols is 1. The standard InChI is InChI=1S/C14H17IN2O4/c1-2-21-14(20)17-7-5-16(6-8-17)13(19)11-9-10(15)3-4-12(11)18/h3-4,9,18H,2,5-8H2,1H3. The summed E-state index contributed by atoms with van der Waals surface area (Å²) in [6, 6.07) is 4.92. The van der Waals surface area contributed by atoms with E-state index in [1.54, 1.807) is 28.9 Å². The first-order valence-corrected chi connectivity index (χ1v) is 7.80. The first kappa shape index (κ1) is 15.9. The van der Waals surface area contributed by atoms with Gasteiger partial charge < -0.3 is 19.6 Å². The van der Waals surface area contributed by atoms with Gasteiger partial charge in [0.25, 0.3) is 5.91 Å². The predicted molar refractivity (Wildman–Crippen MR) is 85.3 cm³/mol. The van der Waals surface area contributed by atoms with Gasteiger partial charge in [-0.25, -0.2) is 4.79 Å². The Hall–Kier alpha value is -1.51. The van der Waals surface area contributed by atoms with E-state index in [4.69, 9.17) is 4.74 Å². The molecule has 114 valence electrons. The van der Waals surface area contributed by atoms with E-state index in [1.165, 1.54) is 6.07 Å². The Morgan fingerprint density at radius 2 is 1.86 bits per heavy atom. The van der Waals surface area contributed by atoms with Crippen molar-refractivity contribution < 1.29 is 19.4 Å². The van der Waals surface area contributed by atoms with Crippen LogP contribution in [0.2, 0.25) is 0 Å². The molecule has 0 unspecified atom stereocenters. The highest BCUT2D eigenvalue weighted by atomic mass is 127. The van der Waals surface area contributed by atoms with Gasteiger partial charge in [0.05, 0.1) is 12.2 Å². The number of hydrogen-bond acceptors (Lipinski definition) is 4. The molecule has 0 spiro atoms. The molecule has 1 aromatic carbocycles. The van der Waals surface area contributed by atoms with Gasteiger partial charge in [0.15, 0.2) is 0 Å². The molecule has 0 atom stereocenters. The van der Waals surface area contributed by atoms with Crippen LogP contribution in [0, 0.1) is 3.57 Å². The van der Waals surface area contributed by atoms with Crippen molar-refractivity contribution in [2.24, 2.45) is 0 Å². The van der Waals surface area contributed by atoms with Gasteiger partial charge >= 0.3 is 6.09 Å². The molecule has 1 fully saturated rings. The molecule has 1 saturated heterocycles. The number of rotatable bonds is 2. The van der Waals surface area contributed by atoms with Gasteiger partial charge in [-0.3, -0.25) is 4.79 Å². The van der Waals surface area contributed by atoms with Crippen LogP contribution < -0.4 is 0 Å². The average Bonchev–Trinajstić information content (AvgIpc) is 2.49. The first-order valence-electron chi connectivity index (χ1n) is 6.72. The van der Waals surface area contributed by atoms with Crippen LogP contribution in [0.4, 0.5) is 4.79 Å². The molecule has 0 aliphatic carbocycles. The van der Waals surface area contributed by atoms with Crippen LogP contribution in [0.3, 0.4) is 0 Å². The first-order chi connectivity index (χ1) is 10.0. The minimum Gasteiger partial charge on any atom is -0.507 e. The van der Waals surface area contributed by atoms with Crippen LogP contribution in [-0.2, 0) is 4.74 Å². The van der Waals surface area contributed by atoms with Crippen LogP contribution in [0.1, 0.15) is 17.3 Å². The van der Waals surface area contributed by atoms with E-state index in [2.05, 4.69) is 22.6 Å². The molecule has 1 N–H and O–H groups in total. The van der Waals surface area contributed by atoms with E-state index in [1.807, 2.05) is 0 Å². The SMILES string of the molecule is CCOC(=O)N1CCN(C(=O)c2cc(I)ccc2O)CC1. The number of benzene rings is 1. The predicted octanol–water partition coefficient (Wildman–Crippen LogP) is 1.91. The molecule has 2 amide bonds. The fourth-order valence-electron chi connectivity index (χ4n) is 2.16. The van der Waals surface area contributed by atoms with Gasteiger partial charge in [0.1, 0.15) is 5.75 Å². The number of amides is 2. The fraction of sp³-hybridized carbons (Fsp3) is 0.429. The van der Waals surface area contributed by atoms with Gasteiger partial charge in [0.2, 0.25) is 0 Å². The zero-order valence-corrected chi connectivity index (χ0v) is 13.9. The second-order valence-electron chi connectivity index (χ2n) is 4.64. The number of nitrogens with zero attached hydrogens (tertiary/aromatic N) is 2. The van der Waals surface area contributed by atoms with E-state index in [0.717, 1.165) is 3.57 Å². The van der Waals surface area contributed by atoms with Crippen LogP contribution in [0.25, 0.3) is 0 Å². The lowest BCUT2D eigenvalue weighted by Crippen LogP contribution is -2.50. The summed E-state index contributed by atoms with van der Waals surface area (Å²) in [6.45, 7) is 3.85. The van der Waals surface area contributed by atoms with Crippen molar-refractivity contribution in [2.45, 2.75) is 6.92 Å². The second-order valence-corrected chi connectivity index (χ2v) is 5.89. The monoisotopic (exact) mass is 404 g/mol. The Kier molecular flexibility index (Phi) is 5.27. The number of carbonyl (C=O) groups is 2. The number of aromatic hydroxyl groups is 1. The minimum atomic E-state index is -0.346. The molecule has 1 aliphatic rings. The van der Waals surface area contributed by atoms with Crippen molar-refractivity contribution in [3.63, 3.8) is 0 Å². The summed E-state index contributed by atoms with van der Waals surface area (Å²) in [5.74, 6) is -0.234. The average molecular weight is 404 g/mol. The van der Waals surface area contributed by atoms with E-state index in [-0.39, 0.29) is 17.7 Å². The van der Waals surface area contributed by atoms with Crippen LogP contribution in [-0.4, -0.2) is 59.7 Å². The summed E-state index contributed by atoms with van der Waals surface area (Å²) >= 11 is 2.10. The normalized spacial score (nSPS) is 15.0. The van der Waals surface area contributed by atoms with E-state index < -0.39 is 0 Å².